The van der Waals surface area contributed by atoms with Crippen molar-refractivity contribution < 1.29 is 9.59 Å². The Hall–Kier alpha value is -1.89. The van der Waals surface area contributed by atoms with E-state index in [4.69, 9.17) is 5.73 Å². The highest BCUT2D eigenvalue weighted by molar-refractivity contribution is 6.35. The van der Waals surface area contributed by atoms with Crippen LogP contribution in [0, 0.1) is 0 Å². The molecule has 0 bridgehead atoms. The Labute approximate surface area is 86.4 Å². The van der Waals surface area contributed by atoms with Crippen LogP contribution in [0.15, 0.2) is 12.4 Å². The minimum Gasteiger partial charge on any atom is -0.347 e. The van der Waals surface area contributed by atoms with E-state index >= 15 is 0 Å². The Morgan fingerprint density at radius 3 is 2.73 bits per heavy atom. The summed E-state index contributed by atoms with van der Waals surface area (Å²) < 4.78 is 0. The van der Waals surface area contributed by atoms with Crippen LogP contribution in [0.4, 0.5) is 0 Å². The quantitative estimate of drug-likeness (QED) is 0.436. The summed E-state index contributed by atoms with van der Waals surface area (Å²) in [5, 5.41) is 4.76. The summed E-state index contributed by atoms with van der Waals surface area (Å²) >= 11 is 0. The lowest BCUT2D eigenvalue weighted by Crippen LogP contribution is -2.41. The Balaban J connectivity index is 2.26. The molecule has 2 amide bonds. The maximum Gasteiger partial charge on any atom is 0.309 e. The Morgan fingerprint density at radius 2 is 2.13 bits per heavy atom. The second-order valence-corrected chi connectivity index (χ2v) is 2.76. The first-order valence-electron chi connectivity index (χ1n) is 4.48. The first-order valence-corrected chi connectivity index (χ1v) is 4.48. The van der Waals surface area contributed by atoms with Gasteiger partial charge in [-0.1, -0.05) is 0 Å². The van der Waals surface area contributed by atoms with E-state index in [0.717, 1.165) is 0 Å². The van der Waals surface area contributed by atoms with Gasteiger partial charge in [0.1, 0.15) is 5.82 Å². The van der Waals surface area contributed by atoms with Crippen LogP contribution in [0.1, 0.15) is 5.82 Å². The van der Waals surface area contributed by atoms with Crippen molar-refractivity contribution >= 4 is 11.8 Å². The van der Waals surface area contributed by atoms with E-state index in [9.17, 15) is 9.59 Å². The van der Waals surface area contributed by atoms with Gasteiger partial charge in [0, 0.05) is 25.5 Å². The van der Waals surface area contributed by atoms with Crippen LogP contribution in [-0.2, 0) is 16.1 Å². The maximum absolute atomic E-state index is 11.1. The van der Waals surface area contributed by atoms with Gasteiger partial charge < -0.3 is 21.4 Å². The van der Waals surface area contributed by atoms with Crippen molar-refractivity contribution in [3.8, 4) is 0 Å². The van der Waals surface area contributed by atoms with E-state index < -0.39 is 11.8 Å². The molecule has 0 saturated heterocycles. The minimum absolute atomic E-state index is 0.196. The summed E-state index contributed by atoms with van der Waals surface area (Å²) in [5.41, 5.74) is 5.17. The lowest BCUT2D eigenvalue weighted by atomic mass is 10.5. The molecular formula is C8H13N5O2. The molecule has 0 aliphatic carbocycles. The fourth-order valence-corrected chi connectivity index (χ4v) is 0.905. The molecule has 0 radical (unpaired) electrons. The number of nitrogens with two attached hydrogens (primary N) is 1. The molecule has 7 heteroatoms. The largest absolute Gasteiger partial charge is 0.347 e. The molecule has 1 aromatic rings. The van der Waals surface area contributed by atoms with Crippen molar-refractivity contribution in [2.24, 2.45) is 5.73 Å². The zero-order valence-electron chi connectivity index (χ0n) is 8.12. The van der Waals surface area contributed by atoms with Gasteiger partial charge in [-0.15, -0.1) is 0 Å². The van der Waals surface area contributed by atoms with Crippen molar-refractivity contribution in [3.63, 3.8) is 0 Å². The summed E-state index contributed by atoms with van der Waals surface area (Å²) in [6.07, 6.45) is 3.20. The third-order valence-electron chi connectivity index (χ3n) is 1.61. The van der Waals surface area contributed by atoms with E-state index in [1.165, 1.54) is 0 Å². The highest BCUT2D eigenvalue weighted by Crippen LogP contribution is 1.86. The van der Waals surface area contributed by atoms with Crippen LogP contribution in [0.3, 0.4) is 0 Å². The fraction of sp³-hybridized carbons (Fsp3) is 0.375. The average molecular weight is 211 g/mol. The fourth-order valence-electron chi connectivity index (χ4n) is 0.905. The van der Waals surface area contributed by atoms with Crippen LogP contribution in [-0.4, -0.2) is 34.9 Å². The summed E-state index contributed by atoms with van der Waals surface area (Å²) in [7, 11) is 0. The number of nitrogens with one attached hydrogen (secondary N) is 3. The highest BCUT2D eigenvalue weighted by Gasteiger charge is 2.11. The molecule has 0 aromatic carbocycles. The highest BCUT2D eigenvalue weighted by atomic mass is 16.2. The maximum atomic E-state index is 11.1. The number of H-pyrrole nitrogens is 1. The van der Waals surface area contributed by atoms with Crippen LogP contribution in [0.25, 0.3) is 0 Å². The number of carbonyl (C=O) groups is 2. The van der Waals surface area contributed by atoms with Crippen LogP contribution in [0.5, 0.6) is 0 Å². The third kappa shape index (κ3) is 3.77. The molecule has 0 atom stereocenters. The topological polar surface area (TPSA) is 113 Å². The van der Waals surface area contributed by atoms with E-state index in [1.54, 1.807) is 12.4 Å². The molecule has 1 heterocycles. The smallest absolute Gasteiger partial charge is 0.309 e. The van der Waals surface area contributed by atoms with Gasteiger partial charge in [-0.3, -0.25) is 9.59 Å². The molecule has 0 aliphatic rings. The molecule has 82 valence electrons. The molecule has 7 nitrogen and oxygen atoms in total. The van der Waals surface area contributed by atoms with Gasteiger partial charge in [0.15, 0.2) is 0 Å². The molecule has 0 unspecified atom stereocenters. The predicted octanol–water partition coefficient (Wildman–Crippen LogP) is -1.90. The van der Waals surface area contributed by atoms with Gasteiger partial charge in [-0.05, 0) is 0 Å². The number of rotatable bonds is 4. The van der Waals surface area contributed by atoms with Gasteiger partial charge in [-0.2, -0.15) is 0 Å². The van der Waals surface area contributed by atoms with Crippen molar-refractivity contribution in [2.75, 3.05) is 13.1 Å². The van der Waals surface area contributed by atoms with Crippen LogP contribution >= 0.6 is 0 Å². The van der Waals surface area contributed by atoms with Crippen molar-refractivity contribution in [1.82, 2.24) is 20.6 Å². The Kier molecular flexibility index (Phi) is 4.30. The average Bonchev–Trinajstić information content (AvgIpc) is 2.75. The summed E-state index contributed by atoms with van der Waals surface area (Å²) in [5.74, 6) is -0.790. The van der Waals surface area contributed by atoms with Gasteiger partial charge in [0.2, 0.25) is 0 Å². The lowest BCUT2D eigenvalue weighted by Gasteiger charge is -2.03. The zero-order chi connectivity index (χ0) is 11.1. The van der Waals surface area contributed by atoms with Crippen molar-refractivity contribution in [3.05, 3.63) is 18.2 Å². The molecule has 0 saturated carbocycles. The third-order valence-corrected chi connectivity index (χ3v) is 1.61. The normalized spacial score (nSPS) is 9.67. The number of amides is 2. The molecule has 0 spiro atoms. The van der Waals surface area contributed by atoms with E-state index in [1.807, 2.05) is 0 Å². The molecule has 1 aromatic heterocycles. The molecule has 15 heavy (non-hydrogen) atoms. The molecular weight excluding hydrogens is 198 g/mol. The zero-order valence-corrected chi connectivity index (χ0v) is 8.12. The second-order valence-electron chi connectivity index (χ2n) is 2.76. The van der Waals surface area contributed by atoms with E-state index in [2.05, 4.69) is 20.6 Å². The molecule has 5 N–H and O–H groups in total. The van der Waals surface area contributed by atoms with Crippen LogP contribution < -0.4 is 16.4 Å². The number of hydrogen-bond donors (Lipinski definition) is 4. The Bertz CT molecular complexity index is 322. The summed E-state index contributed by atoms with van der Waals surface area (Å²) in [4.78, 5) is 28.9. The molecule has 0 fully saturated rings. The van der Waals surface area contributed by atoms with Crippen molar-refractivity contribution in [1.29, 1.82) is 0 Å². The molecule has 0 aliphatic heterocycles. The van der Waals surface area contributed by atoms with Crippen LogP contribution in [0.2, 0.25) is 0 Å². The number of aromatic amines is 1. The first kappa shape index (κ1) is 11.2. The minimum atomic E-state index is -0.695. The lowest BCUT2D eigenvalue weighted by molar-refractivity contribution is -0.139. The SMILES string of the molecule is NCCNC(=O)C(=O)NCc1ncc[nH]1. The van der Waals surface area contributed by atoms with Crippen molar-refractivity contribution in [2.45, 2.75) is 6.54 Å². The second kappa shape index (κ2) is 5.76. The summed E-state index contributed by atoms with van der Waals surface area (Å²) in [6.45, 7) is 0.784. The van der Waals surface area contributed by atoms with Gasteiger partial charge in [0.05, 0.1) is 6.54 Å². The first-order chi connectivity index (χ1) is 7.24. The number of carbonyl (C=O) groups excluding carboxylic acids is 2. The number of aromatic nitrogens is 2. The molecule has 1 rings (SSSR count). The predicted molar refractivity (Wildman–Crippen MR) is 52.5 cm³/mol. The standard InChI is InChI=1S/C8H13N5O2/c9-1-2-12-7(14)8(15)13-5-6-10-3-4-11-6/h3-4H,1-2,5,9H2,(H,10,11)(H,12,14)(H,13,15). The van der Waals surface area contributed by atoms with Gasteiger partial charge in [0.25, 0.3) is 0 Å². The monoisotopic (exact) mass is 211 g/mol. The number of hydrogen-bond acceptors (Lipinski definition) is 4. The summed E-state index contributed by atoms with van der Waals surface area (Å²) in [6, 6.07) is 0. The Morgan fingerprint density at radius 1 is 1.40 bits per heavy atom. The number of nitrogens with zero attached hydrogens (tertiary/aromatic N) is 1. The number of imidazole rings is 1. The van der Waals surface area contributed by atoms with E-state index in [0.29, 0.717) is 12.4 Å². The van der Waals surface area contributed by atoms with E-state index in [-0.39, 0.29) is 13.1 Å². The van der Waals surface area contributed by atoms with Gasteiger partial charge in [-0.25, -0.2) is 4.98 Å². The van der Waals surface area contributed by atoms with Gasteiger partial charge >= 0.3 is 11.8 Å².